The number of aliphatic hydroxyl groups is 1. The van der Waals surface area contributed by atoms with Crippen LogP contribution in [0.4, 0.5) is 0 Å². The van der Waals surface area contributed by atoms with Gasteiger partial charge in [-0.1, -0.05) is 33.6 Å². The third kappa shape index (κ3) is 2.68. The molecular formula is C15H28O2. The van der Waals surface area contributed by atoms with Crippen LogP contribution in [0, 0.1) is 17.3 Å². The first-order valence-corrected chi connectivity index (χ1v) is 7.25. The molecule has 1 aliphatic heterocycles. The largest absolute Gasteiger partial charge is 0.389 e. The fourth-order valence-corrected chi connectivity index (χ4v) is 4.05. The quantitative estimate of drug-likeness (QED) is 0.761. The Bertz CT molecular complexity index is 250. The summed E-state index contributed by atoms with van der Waals surface area (Å²) in [5.74, 6) is 0.910. The van der Waals surface area contributed by atoms with Crippen molar-refractivity contribution in [2.45, 2.75) is 64.9 Å². The molecule has 1 saturated heterocycles. The Balaban J connectivity index is 2.17. The van der Waals surface area contributed by atoms with Crippen LogP contribution in [0.2, 0.25) is 0 Å². The fourth-order valence-electron chi connectivity index (χ4n) is 4.05. The lowest BCUT2D eigenvalue weighted by Gasteiger charge is -2.51. The van der Waals surface area contributed by atoms with E-state index in [4.69, 9.17) is 4.74 Å². The van der Waals surface area contributed by atoms with E-state index in [-0.39, 0.29) is 5.41 Å². The second-order valence-electron chi connectivity index (χ2n) is 7.04. The Morgan fingerprint density at radius 2 is 1.71 bits per heavy atom. The van der Waals surface area contributed by atoms with Crippen LogP contribution >= 0.6 is 0 Å². The van der Waals surface area contributed by atoms with Crippen molar-refractivity contribution < 1.29 is 9.84 Å². The predicted molar refractivity (Wildman–Crippen MR) is 69.9 cm³/mol. The van der Waals surface area contributed by atoms with Gasteiger partial charge in [0.25, 0.3) is 0 Å². The Morgan fingerprint density at radius 1 is 1.06 bits per heavy atom. The molecule has 1 heterocycles. The van der Waals surface area contributed by atoms with Gasteiger partial charge in [-0.25, -0.2) is 0 Å². The highest BCUT2D eigenvalue weighted by Gasteiger charge is 2.49. The van der Waals surface area contributed by atoms with Crippen molar-refractivity contribution in [3.8, 4) is 0 Å². The van der Waals surface area contributed by atoms with Crippen LogP contribution in [0.3, 0.4) is 0 Å². The maximum absolute atomic E-state index is 11.2. The molecular weight excluding hydrogens is 212 g/mol. The molecule has 2 heteroatoms. The molecule has 1 N–H and O–H groups in total. The zero-order chi connectivity index (χ0) is 12.5. The second-order valence-corrected chi connectivity index (χ2v) is 7.04. The molecule has 0 bridgehead atoms. The highest BCUT2D eigenvalue weighted by Crippen LogP contribution is 2.49. The Hall–Kier alpha value is -0.0800. The Kier molecular flexibility index (Phi) is 3.84. The van der Waals surface area contributed by atoms with Gasteiger partial charge in [-0.3, -0.25) is 0 Å². The molecule has 2 nitrogen and oxygen atoms in total. The molecule has 0 aromatic heterocycles. The minimum absolute atomic E-state index is 0.216. The van der Waals surface area contributed by atoms with E-state index >= 15 is 0 Å². The van der Waals surface area contributed by atoms with Gasteiger partial charge in [-0.15, -0.1) is 0 Å². The van der Waals surface area contributed by atoms with Gasteiger partial charge in [-0.05, 0) is 42.9 Å². The molecule has 2 aliphatic rings. The van der Waals surface area contributed by atoms with Crippen molar-refractivity contribution in [3.05, 3.63) is 0 Å². The van der Waals surface area contributed by atoms with Crippen LogP contribution < -0.4 is 0 Å². The van der Waals surface area contributed by atoms with Gasteiger partial charge < -0.3 is 9.84 Å². The van der Waals surface area contributed by atoms with Crippen molar-refractivity contribution >= 4 is 0 Å². The zero-order valence-electron chi connectivity index (χ0n) is 11.7. The van der Waals surface area contributed by atoms with Crippen LogP contribution in [0.5, 0.6) is 0 Å². The molecule has 2 rings (SSSR count). The minimum Gasteiger partial charge on any atom is -0.389 e. The third-order valence-corrected chi connectivity index (χ3v) is 4.90. The number of ether oxygens (including phenoxy) is 1. The Labute approximate surface area is 106 Å². The number of hydrogen-bond donors (Lipinski definition) is 1. The maximum atomic E-state index is 11.2. The van der Waals surface area contributed by atoms with Gasteiger partial charge in [-0.2, -0.15) is 0 Å². The van der Waals surface area contributed by atoms with Crippen molar-refractivity contribution in [2.24, 2.45) is 17.3 Å². The van der Waals surface area contributed by atoms with Crippen molar-refractivity contribution in [1.29, 1.82) is 0 Å². The zero-order valence-corrected chi connectivity index (χ0v) is 11.7. The smallest absolute Gasteiger partial charge is 0.0710 e. The van der Waals surface area contributed by atoms with Crippen LogP contribution in [-0.2, 0) is 4.74 Å². The molecule has 2 fully saturated rings. The van der Waals surface area contributed by atoms with Gasteiger partial charge in [0.05, 0.1) is 5.60 Å². The summed E-state index contributed by atoms with van der Waals surface area (Å²) < 4.78 is 5.45. The molecule has 1 aliphatic carbocycles. The summed E-state index contributed by atoms with van der Waals surface area (Å²) in [6, 6.07) is 0. The monoisotopic (exact) mass is 240 g/mol. The summed E-state index contributed by atoms with van der Waals surface area (Å²) in [5, 5.41) is 11.2. The first-order valence-electron chi connectivity index (χ1n) is 7.25. The second kappa shape index (κ2) is 4.89. The van der Waals surface area contributed by atoms with E-state index in [0.29, 0.717) is 11.8 Å². The molecule has 0 aromatic rings. The summed E-state index contributed by atoms with van der Waals surface area (Å²) in [5.41, 5.74) is -0.215. The Morgan fingerprint density at radius 3 is 2.29 bits per heavy atom. The van der Waals surface area contributed by atoms with E-state index in [1.54, 1.807) is 0 Å². The van der Waals surface area contributed by atoms with Crippen molar-refractivity contribution in [1.82, 2.24) is 0 Å². The molecule has 1 saturated carbocycles. The maximum Gasteiger partial charge on any atom is 0.0710 e. The summed E-state index contributed by atoms with van der Waals surface area (Å²) >= 11 is 0. The van der Waals surface area contributed by atoms with Gasteiger partial charge in [0.1, 0.15) is 0 Å². The summed E-state index contributed by atoms with van der Waals surface area (Å²) in [4.78, 5) is 0. The van der Waals surface area contributed by atoms with Gasteiger partial charge in [0.2, 0.25) is 0 Å². The molecule has 2 unspecified atom stereocenters. The summed E-state index contributed by atoms with van der Waals surface area (Å²) in [7, 11) is 0. The molecule has 17 heavy (non-hydrogen) atoms. The SMILES string of the molecule is CC(C)(C)C1CCCCC1(O)C1CCOCC1. The number of hydrogen-bond acceptors (Lipinski definition) is 2. The topological polar surface area (TPSA) is 29.5 Å². The van der Waals surface area contributed by atoms with E-state index in [1.807, 2.05) is 0 Å². The van der Waals surface area contributed by atoms with Gasteiger partial charge in [0.15, 0.2) is 0 Å². The van der Waals surface area contributed by atoms with Crippen LogP contribution in [0.1, 0.15) is 59.3 Å². The number of rotatable bonds is 1. The van der Waals surface area contributed by atoms with E-state index in [2.05, 4.69) is 20.8 Å². The van der Waals surface area contributed by atoms with Crippen LogP contribution in [-0.4, -0.2) is 23.9 Å². The molecule has 100 valence electrons. The lowest BCUT2D eigenvalue weighted by Crippen LogP contribution is -2.53. The first kappa shape index (κ1) is 13.4. The van der Waals surface area contributed by atoms with Gasteiger partial charge >= 0.3 is 0 Å². The van der Waals surface area contributed by atoms with Crippen LogP contribution in [0.15, 0.2) is 0 Å². The lowest BCUT2D eigenvalue weighted by atomic mass is 9.58. The van der Waals surface area contributed by atoms with E-state index in [9.17, 15) is 5.11 Å². The third-order valence-electron chi connectivity index (χ3n) is 4.90. The fraction of sp³-hybridized carbons (Fsp3) is 1.00. The average Bonchev–Trinajstić information content (AvgIpc) is 2.29. The minimum atomic E-state index is -0.430. The molecule has 0 spiro atoms. The first-order chi connectivity index (χ1) is 7.94. The highest BCUT2D eigenvalue weighted by atomic mass is 16.5. The van der Waals surface area contributed by atoms with Gasteiger partial charge in [0, 0.05) is 13.2 Å². The van der Waals surface area contributed by atoms with Crippen LogP contribution in [0.25, 0.3) is 0 Å². The average molecular weight is 240 g/mol. The standard InChI is InChI=1S/C15H28O2/c1-14(2,3)13-6-4-5-9-15(13,16)12-7-10-17-11-8-12/h12-13,16H,4-11H2,1-3H3. The van der Waals surface area contributed by atoms with Crippen molar-refractivity contribution in [2.75, 3.05) is 13.2 Å². The summed E-state index contributed by atoms with van der Waals surface area (Å²) in [6.07, 6.45) is 6.76. The lowest BCUT2D eigenvalue weighted by molar-refractivity contribution is -0.149. The highest BCUT2D eigenvalue weighted by molar-refractivity contribution is 4.99. The molecule has 0 aromatic carbocycles. The normalized spacial score (nSPS) is 37.1. The molecule has 2 atom stereocenters. The molecule has 0 radical (unpaired) electrons. The predicted octanol–water partition coefficient (Wildman–Crippen LogP) is 3.38. The van der Waals surface area contributed by atoms with Crippen molar-refractivity contribution in [3.63, 3.8) is 0 Å². The van der Waals surface area contributed by atoms with E-state index < -0.39 is 5.60 Å². The van der Waals surface area contributed by atoms with E-state index in [1.165, 1.54) is 19.3 Å². The molecule has 0 amide bonds. The van der Waals surface area contributed by atoms with E-state index in [0.717, 1.165) is 32.5 Å². The summed E-state index contributed by atoms with van der Waals surface area (Å²) in [6.45, 7) is 8.53.